The molecule has 0 fully saturated rings. The molecule has 140 valence electrons. The van der Waals surface area contributed by atoms with Crippen molar-refractivity contribution >= 4 is 11.6 Å². The number of amides is 1. The van der Waals surface area contributed by atoms with Gasteiger partial charge in [0.05, 0.1) is 6.61 Å². The summed E-state index contributed by atoms with van der Waals surface area (Å²) in [6.45, 7) is 10.1. The quantitative estimate of drug-likeness (QED) is 0.688. The summed E-state index contributed by atoms with van der Waals surface area (Å²) in [6.07, 6.45) is 1.11. The molecule has 0 radical (unpaired) electrons. The van der Waals surface area contributed by atoms with Crippen molar-refractivity contribution in [1.82, 2.24) is 5.32 Å². The Hall–Kier alpha value is -2.33. The van der Waals surface area contributed by atoms with E-state index in [0.717, 1.165) is 36.3 Å². The molecule has 4 heteroatoms. The van der Waals surface area contributed by atoms with Gasteiger partial charge < -0.3 is 15.0 Å². The van der Waals surface area contributed by atoms with Gasteiger partial charge in [-0.3, -0.25) is 4.79 Å². The van der Waals surface area contributed by atoms with E-state index < -0.39 is 0 Å². The molecule has 0 aliphatic carbocycles. The van der Waals surface area contributed by atoms with Crippen molar-refractivity contribution in [2.45, 2.75) is 40.3 Å². The average Bonchev–Trinajstić information content (AvgIpc) is 2.69. The summed E-state index contributed by atoms with van der Waals surface area (Å²) in [5.74, 6) is -0.0543. The lowest BCUT2D eigenvalue weighted by Gasteiger charge is -2.22. The SMILES string of the molecule is CCCN(CC)c1ccc(C(=O)NCc2ccccc2COCC)cc1. The van der Waals surface area contributed by atoms with Crippen LogP contribution in [0.4, 0.5) is 5.69 Å². The Kier molecular flexibility index (Phi) is 8.16. The molecule has 0 aliphatic heterocycles. The highest BCUT2D eigenvalue weighted by Gasteiger charge is 2.09. The standard InChI is InChI=1S/C22H30N2O2/c1-4-15-24(5-2)21-13-11-18(12-14-21)22(25)23-16-19-9-7-8-10-20(19)17-26-6-3/h7-14H,4-6,15-17H2,1-3H3,(H,23,25). The largest absolute Gasteiger partial charge is 0.377 e. The van der Waals surface area contributed by atoms with Gasteiger partial charge in [0.1, 0.15) is 0 Å². The van der Waals surface area contributed by atoms with Crippen molar-refractivity contribution in [1.29, 1.82) is 0 Å². The van der Waals surface area contributed by atoms with Crippen LogP contribution in [0.2, 0.25) is 0 Å². The molecule has 2 rings (SSSR count). The summed E-state index contributed by atoms with van der Waals surface area (Å²) in [5, 5.41) is 3.01. The van der Waals surface area contributed by atoms with Gasteiger partial charge in [-0.1, -0.05) is 31.2 Å². The topological polar surface area (TPSA) is 41.6 Å². The van der Waals surface area contributed by atoms with Gasteiger partial charge in [0, 0.05) is 37.5 Å². The third-order valence-electron chi connectivity index (χ3n) is 4.39. The summed E-state index contributed by atoms with van der Waals surface area (Å²) in [7, 11) is 0. The molecule has 26 heavy (non-hydrogen) atoms. The molecular weight excluding hydrogens is 324 g/mol. The monoisotopic (exact) mass is 354 g/mol. The molecule has 1 N–H and O–H groups in total. The van der Waals surface area contributed by atoms with Gasteiger partial charge in [0.25, 0.3) is 5.91 Å². The summed E-state index contributed by atoms with van der Waals surface area (Å²) < 4.78 is 5.50. The minimum atomic E-state index is -0.0543. The molecule has 0 saturated heterocycles. The summed E-state index contributed by atoms with van der Waals surface area (Å²) >= 11 is 0. The van der Waals surface area contributed by atoms with Crippen molar-refractivity contribution in [2.24, 2.45) is 0 Å². The first kappa shape index (κ1) is 20.0. The van der Waals surface area contributed by atoms with Gasteiger partial charge in [-0.15, -0.1) is 0 Å². The van der Waals surface area contributed by atoms with Gasteiger partial charge in [-0.25, -0.2) is 0 Å². The van der Waals surface area contributed by atoms with E-state index in [2.05, 4.69) is 24.1 Å². The maximum Gasteiger partial charge on any atom is 0.251 e. The third-order valence-corrected chi connectivity index (χ3v) is 4.39. The van der Waals surface area contributed by atoms with Crippen molar-refractivity contribution < 1.29 is 9.53 Å². The van der Waals surface area contributed by atoms with Crippen LogP contribution in [0.5, 0.6) is 0 Å². The number of hydrogen-bond donors (Lipinski definition) is 1. The second-order valence-corrected chi connectivity index (χ2v) is 6.22. The zero-order valence-electron chi connectivity index (χ0n) is 16.1. The zero-order valence-corrected chi connectivity index (χ0v) is 16.1. The molecule has 0 aromatic heterocycles. The van der Waals surface area contributed by atoms with Crippen LogP contribution in [-0.2, 0) is 17.9 Å². The number of nitrogens with one attached hydrogen (secondary N) is 1. The van der Waals surface area contributed by atoms with E-state index >= 15 is 0 Å². The van der Waals surface area contributed by atoms with Crippen molar-refractivity contribution in [3.05, 3.63) is 65.2 Å². The Morgan fingerprint density at radius 2 is 1.69 bits per heavy atom. The maximum atomic E-state index is 12.5. The van der Waals surface area contributed by atoms with E-state index in [9.17, 15) is 4.79 Å². The molecule has 0 saturated carbocycles. The molecule has 2 aromatic carbocycles. The highest BCUT2D eigenvalue weighted by atomic mass is 16.5. The van der Waals surface area contributed by atoms with Gasteiger partial charge in [0.15, 0.2) is 0 Å². The lowest BCUT2D eigenvalue weighted by Crippen LogP contribution is -2.25. The highest BCUT2D eigenvalue weighted by molar-refractivity contribution is 5.94. The molecule has 0 bridgehead atoms. The molecule has 4 nitrogen and oxygen atoms in total. The minimum absolute atomic E-state index is 0.0543. The fraction of sp³-hybridized carbons (Fsp3) is 0.409. The lowest BCUT2D eigenvalue weighted by atomic mass is 10.1. The Bertz CT molecular complexity index is 683. The van der Waals surface area contributed by atoms with Gasteiger partial charge >= 0.3 is 0 Å². The van der Waals surface area contributed by atoms with Crippen LogP contribution < -0.4 is 10.2 Å². The number of benzene rings is 2. The van der Waals surface area contributed by atoms with E-state index in [1.54, 1.807) is 0 Å². The second kappa shape index (κ2) is 10.6. The number of carbonyl (C=O) groups excluding carboxylic acids is 1. The summed E-state index contributed by atoms with van der Waals surface area (Å²) in [5.41, 5.74) is 4.05. The van der Waals surface area contributed by atoms with Crippen molar-refractivity contribution in [3.8, 4) is 0 Å². The van der Waals surface area contributed by atoms with Crippen LogP contribution in [0, 0.1) is 0 Å². The van der Waals surface area contributed by atoms with Crippen LogP contribution >= 0.6 is 0 Å². The van der Waals surface area contributed by atoms with Crippen LogP contribution in [0.3, 0.4) is 0 Å². The number of anilines is 1. The van der Waals surface area contributed by atoms with E-state index in [4.69, 9.17) is 4.74 Å². The van der Waals surface area contributed by atoms with Crippen molar-refractivity contribution in [2.75, 3.05) is 24.6 Å². The molecular formula is C22H30N2O2. The molecule has 2 aromatic rings. The van der Waals surface area contributed by atoms with E-state index in [1.807, 2.05) is 55.5 Å². The molecule has 0 heterocycles. The minimum Gasteiger partial charge on any atom is -0.377 e. The fourth-order valence-electron chi connectivity index (χ4n) is 2.92. The smallest absolute Gasteiger partial charge is 0.251 e. The molecule has 0 aliphatic rings. The first-order valence-electron chi connectivity index (χ1n) is 9.47. The maximum absolute atomic E-state index is 12.5. The van der Waals surface area contributed by atoms with Crippen molar-refractivity contribution in [3.63, 3.8) is 0 Å². The van der Waals surface area contributed by atoms with Gasteiger partial charge in [-0.2, -0.15) is 0 Å². The normalized spacial score (nSPS) is 10.6. The fourth-order valence-corrected chi connectivity index (χ4v) is 2.92. The summed E-state index contributed by atoms with van der Waals surface area (Å²) in [4.78, 5) is 14.8. The number of hydrogen-bond acceptors (Lipinski definition) is 3. The second-order valence-electron chi connectivity index (χ2n) is 6.22. The summed E-state index contributed by atoms with van der Waals surface area (Å²) in [6, 6.07) is 15.9. The van der Waals surface area contributed by atoms with Crippen LogP contribution in [-0.4, -0.2) is 25.6 Å². The first-order chi connectivity index (χ1) is 12.7. The number of ether oxygens (including phenoxy) is 1. The van der Waals surface area contributed by atoms with Crippen LogP contribution in [0.1, 0.15) is 48.7 Å². The predicted octanol–water partition coefficient (Wildman–Crippen LogP) is 4.39. The third kappa shape index (κ3) is 5.60. The zero-order chi connectivity index (χ0) is 18.8. The Morgan fingerprint density at radius 1 is 1.00 bits per heavy atom. The highest BCUT2D eigenvalue weighted by Crippen LogP contribution is 2.16. The van der Waals surface area contributed by atoms with E-state index in [0.29, 0.717) is 25.3 Å². The molecule has 1 amide bonds. The van der Waals surface area contributed by atoms with E-state index in [1.165, 1.54) is 0 Å². The Morgan fingerprint density at radius 3 is 2.31 bits per heavy atom. The lowest BCUT2D eigenvalue weighted by molar-refractivity contribution is 0.0950. The predicted molar refractivity (Wildman–Crippen MR) is 108 cm³/mol. The number of carbonyl (C=O) groups is 1. The van der Waals surface area contributed by atoms with E-state index in [-0.39, 0.29) is 5.91 Å². The average molecular weight is 354 g/mol. The van der Waals surface area contributed by atoms with Crippen LogP contribution in [0.25, 0.3) is 0 Å². The molecule has 0 spiro atoms. The number of rotatable bonds is 10. The van der Waals surface area contributed by atoms with Gasteiger partial charge in [-0.05, 0) is 55.7 Å². The first-order valence-corrected chi connectivity index (χ1v) is 9.47. The van der Waals surface area contributed by atoms with Gasteiger partial charge in [0.2, 0.25) is 0 Å². The Balaban J connectivity index is 1.98. The number of nitrogens with zero attached hydrogens (tertiary/aromatic N) is 1. The Labute approximate surface area is 157 Å². The van der Waals surface area contributed by atoms with Crippen LogP contribution in [0.15, 0.2) is 48.5 Å². The molecule has 0 unspecified atom stereocenters. The molecule has 0 atom stereocenters.